The summed E-state index contributed by atoms with van der Waals surface area (Å²) in [4.78, 5) is 10.3. The largest absolute Gasteiger partial charge is 0.741 e. The van der Waals surface area contributed by atoms with Crippen molar-refractivity contribution in [2.75, 3.05) is 14.1 Å². The van der Waals surface area contributed by atoms with E-state index in [-0.39, 0.29) is 0 Å². The van der Waals surface area contributed by atoms with Gasteiger partial charge in [0.05, 0.1) is 14.1 Å². The Morgan fingerprint density at radius 3 is 1.46 bits per heavy atom. The van der Waals surface area contributed by atoms with Gasteiger partial charge in [0.2, 0.25) is 0 Å². The Hall–Kier alpha value is -0.670. The number of alkyl halides is 3. The van der Waals surface area contributed by atoms with E-state index in [1.807, 2.05) is 0 Å². The summed E-state index contributed by atoms with van der Waals surface area (Å²) < 4.78 is 58.9. The number of carbonyl (C=O) groups excluding carboxylic acids is 1. The second-order valence-corrected chi connectivity index (χ2v) is 3.47. The van der Waals surface area contributed by atoms with Gasteiger partial charge in [0.15, 0.2) is 10.1 Å². The van der Waals surface area contributed by atoms with Crippen LogP contribution < -0.4 is 4.90 Å². The highest BCUT2D eigenvalue weighted by molar-refractivity contribution is 7.86. The van der Waals surface area contributed by atoms with Crippen LogP contribution in [0.15, 0.2) is 0 Å². The van der Waals surface area contributed by atoms with E-state index in [9.17, 15) is 18.0 Å². The molecule has 0 aliphatic carbocycles. The first-order chi connectivity index (χ1) is 5.52. The summed E-state index contributed by atoms with van der Waals surface area (Å²) in [6.45, 7) is 0. The molecule has 5 nitrogen and oxygen atoms in total. The quantitative estimate of drug-likeness (QED) is 0.328. The maximum Gasteiger partial charge on any atom is 0.485 e. The van der Waals surface area contributed by atoms with Gasteiger partial charge in [0.25, 0.3) is 6.41 Å². The van der Waals surface area contributed by atoms with E-state index in [4.69, 9.17) is 13.0 Å². The Morgan fingerprint density at radius 1 is 1.31 bits per heavy atom. The van der Waals surface area contributed by atoms with Gasteiger partial charge in [-0.05, 0) is 0 Å². The summed E-state index contributed by atoms with van der Waals surface area (Å²) in [7, 11) is -2.55. The zero-order valence-corrected chi connectivity index (χ0v) is 7.57. The Labute approximate surface area is 72.9 Å². The van der Waals surface area contributed by atoms with Crippen LogP contribution in [0.4, 0.5) is 13.2 Å². The number of hydrogen-bond acceptors (Lipinski definition) is 4. The highest BCUT2D eigenvalue weighted by atomic mass is 32.2. The number of nitrogens with one attached hydrogen (secondary N) is 1. The van der Waals surface area contributed by atoms with E-state index in [0.717, 1.165) is 11.3 Å². The first-order valence-corrected chi connectivity index (χ1v) is 4.20. The van der Waals surface area contributed by atoms with Crippen molar-refractivity contribution in [3.8, 4) is 0 Å². The maximum absolute atomic E-state index is 10.7. The Balaban J connectivity index is 0. The van der Waals surface area contributed by atoms with Crippen molar-refractivity contribution in [2.45, 2.75) is 5.51 Å². The Kier molecular flexibility index (Phi) is 5.87. The van der Waals surface area contributed by atoms with Crippen LogP contribution >= 0.6 is 0 Å². The SMILES string of the molecule is C[NH+](C)C=O.O=S(=O)([O-])C(F)(F)F. The van der Waals surface area contributed by atoms with Crippen LogP contribution in [0.3, 0.4) is 0 Å². The second-order valence-electron chi connectivity index (χ2n) is 2.10. The average molecular weight is 223 g/mol. The van der Waals surface area contributed by atoms with E-state index in [1.54, 1.807) is 14.1 Å². The molecule has 0 aromatic carbocycles. The summed E-state index contributed by atoms with van der Waals surface area (Å²) >= 11 is 0. The van der Waals surface area contributed by atoms with Crippen molar-refractivity contribution in [3.05, 3.63) is 0 Å². The summed E-state index contributed by atoms with van der Waals surface area (Å²) in [6, 6.07) is 0. The second kappa shape index (κ2) is 5.14. The van der Waals surface area contributed by atoms with Gasteiger partial charge in [-0.3, -0.25) is 4.90 Å². The minimum absolute atomic E-state index is 0.824. The smallest absolute Gasteiger partial charge is 0.485 e. The minimum Gasteiger partial charge on any atom is -0.741 e. The molecule has 0 radical (unpaired) electrons. The molecule has 0 saturated carbocycles. The molecule has 0 aliphatic heterocycles. The molecule has 0 unspecified atom stereocenters. The van der Waals surface area contributed by atoms with Crippen molar-refractivity contribution >= 4 is 16.5 Å². The van der Waals surface area contributed by atoms with E-state index in [2.05, 4.69) is 0 Å². The van der Waals surface area contributed by atoms with Crippen LogP contribution in [0.25, 0.3) is 0 Å². The summed E-state index contributed by atoms with van der Waals surface area (Å²) in [6.07, 6.45) is 0.833. The molecule has 0 bridgehead atoms. The molecule has 0 aromatic rings. The molecule has 0 fully saturated rings. The molecule has 0 saturated heterocycles. The number of rotatable bonds is 1. The fourth-order valence-corrected chi connectivity index (χ4v) is 0. The van der Waals surface area contributed by atoms with Crippen molar-refractivity contribution in [1.82, 2.24) is 0 Å². The van der Waals surface area contributed by atoms with Crippen LogP contribution in [0.2, 0.25) is 0 Å². The minimum atomic E-state index is -6.09. The third-order valence-corrected chi connectivity index (χ3v) is 1.09. The molecule has 13 heavy (non-hydrogen) atoms. The predicted octanol–water partition coefficient (Wildman–Crippen LogP) is -1.66. The van der Waals surface area contributed by atoms with Gasteiger partial charge in [-0.2, -0.15) is 13.2 Å². The monoisotopic (exact) mass is 223 g/mol. The average Bonchev–Trinajstić information content (AvgIpc) is 1.84. The third kappa shape index (κ3) is 9.24. The molecule has 1 N–H and O–H groups in total. The first-order valence-electron chi connectivity index (χ1n) is 2.80. The molecule has 0 heterocycles. The molecule has 80 valence electrons. The standard InChI is InChI=1S/C3H7NO.CHF3O3S/c1-4(2)3-5;2-1(3,4)8(5,6)7/h3H,1-2H3;(H,5,6,7). The zero-order chi connectivity index (χ0) is 11.3. The highest BCUT2D eigenvalue weighted by Crippen LogP contribution is 2.20. The lowest BCUT2D eigenvalue weighted by Gasteiger charge is -2.08. The number of halogens is 3. The molecule has 0 spiro atoms. The van der Waals surface area contributed by atoms with Gasteiger partial charge in [0.1, 0.15) is 0 Å². The number of amides is 1. The van der Waals surface area contributed by atoms with Crippen LogP contribution in [0.1, 0.15) is 0 Å². The maximum atomic E-state index is 10.7. The lowest BCUT2D eigenvalue weighted by atomic mass is 11.0. The number of hydrogen-bond donors (Lipinski definition) is 1. The molecular weight excluding hydrogens is 215 g/mol. The molecule has 0 aliphatic rings. The van der Waals surface area contributed by atoms with E-state index in [0.29, 0.717) is 0 Å². The Bertz CT molecular complexity index is 245. The van der Waals surface area contributed by atoms with Gasteiger partial charge >= 0.3 is 5.51 Å². The van der Waals surface area contributed by atoms with Gasteiger partial charge in [-0.15, -0.1) is 0 Å². The zero-order valence-electron chi connectivity index (χ0n) is 6.75. The van der Waals surface area contributed by atoms with Crippen LogP contribution in [0, 0.1) is 0 Å². The number of carbonyl (C=O) groups is 1. The predicted molar refractivity (Wildman–Crippen MR) is 34.6 cm³/mol. The molecular formula is C4H8F3NO4S. The normalized spacial score (nSPS) is 11.9. The van der Waals surface area contributed by atoms with Crippen molar-refractivity contribution in [3.63, 3.8) is 0 Å². The molecule has 0 rings (SSSR count). The topological polar surface area (TPSA) is 78.7 Å². The van der Waals surface area contributed by atoms with E-state index < -0.39 is 15.6 Å². The lowest BCUT2D eigenvalue weighted by molar-refractivity contribution is -0.764. The molecule has 9 heteroatoms. The van der Waals surface area contributed by atoms with Gasteiger partial charge in [-0.1, -0.05) is 0 Å². The fraction of sp³-hybridized carbons (Fsp3) is 0.750. The summed E-state index contributed by atoms with van der Waals surface area (Å²) in [5, 5.41) is 0. The van der Waals surface area contributed by atoms with Crippen LogP contribution in [-0.2, 0) is 14.9 Å². The first kappa shape index (κ1) is 14.8. The van der Waals surface area contributed by atoms with Crippen LogP contribution in [-0.4, -0.2) is 39.0 Å². The van der Waals surface area contributed by atoms with Crippen LogP contribution in [0.5, 0.6) is 0 Å². The summed E-state index contributed by atoms with van der Waals surface area (Å²) in [5.74, 6) is 0. The van der Waals surface area contributed by atoms with Crippen molar-refractivity contribution in [2.24, 2.45) is 0 Å². The van der Waals surface area contributed by atoms with Gasteiger partial charge < -0.3 is 4.55 Å². The summed E-state index contributed by atoms with van der Waals surface area (Å²) in [5.41, 5.74) is -5.65. The van der Waals surface area contributed by atoms with E-state index >= 15 is 0 Å². The highest BCUT2D eigenvalue weighted by Gasteiger charge is 2.36. The van der Waals surface area contributed by atoms with Crippen molar-refractivity contribution < 1.29 is 35.8 Å². The molecule has 1 amide bonds. The fourth-order valence-electron chi connectivity index (χ4n) is 0. The van der Waals surface area contributed by atoms with Gasteiger partial charge in [0, 0.05) is 0 Å². The van der Waals surface area contributed by atoms with Crippen molar-refractivity contribution in [1.29, 1.82) is 0 Å². The van der Waals surface area contributed by atoms with E-state index in [1.165, 1.54) is 0 Å². The Morgan fingerprint density at radius 2 is 1.46 bits per heavy atom. The van der Waals surface area contributed by atoms with Gasteiger partial charge in [-0.25, -0.2) is 13.2 Å². The number of quaternary nitrogens is 1. The lowest BCUT2D eigenvalue weighted by Crippen LogP contribution is -3.04. The molecule has 0 atom stereocenters. The third-order valence-electron chi connectivity index (χ3n) is 0.519. The molecule has 0 aromatic heterocycles.